The van der Waals surface area contributed by atoms with Gasteiger partial charge >= 0.3 is 12.1 Å². The van der Waals surface area contributed by atoms with Crippen LogP contribution >= 0.6 is 11.6 Å². The maximum Gasteiger partial charge on any atom is 0.490 e. The molecule has 2 atom stereocenters. The second-order valence-electron chi connectivity index (χ2n) is 10.1. The van der Waals surface area contributed by atoms with Crippen LogP contribution in [0.25, 0.3) is 0 Å². The summed E-state index contributed by atoms with van der Waals surface area (Å²) in [6.45, 7) is 4.65. The van der Waals surface area contributed by atoms with Crippen LogP contribution in [0.5, 0.6) is 0 Å². The van der Waals surface area contributed by atoms with Gasteiger partial charge in [-0.05, 0) is 49.8 Å². The van der Waals surface area contributed by atoms with E-state index in [9.17, 15) is 18.0 Å². The number of hydrogen-bond acceptors (Lipinski definition) is 8. The molecular weight excluding hydrogens is 555 g/mol. The van der Waals surface area contributed by atoms with Gasteiger partial charge in [-0.15, -0.1) is 10.2 Å². The van der Waals surface area contributed by atoms with E-state index in [0.29, 0.717) is 25.1 Å². The van der Waals surface area contributed by atoms with Gasteiger partial charge in [0.25, 0.3) is 5.91 Å². The van der Waals surface area contributed by atoms with Crippen molar-refractivity contribution in [3.63, 3.8) is 0 Å². The molecule has 4 heterocycles. The van der Waals surface area contributed by atoms with Crippen molar-refractivity contribution in [3.8, 4) is 0 Å². The number of carbonyl (C=O) groups excluding carboxylic acids is 1. The Kier molecular flexibility index (Phi) is 9.74. The molecule has 3 fully saturated rings. The van der Waals surface area contributed by atoms with Crippen molar-refractivity contribution in [3.05, 3.63) is 34.9 Å². The minimum atomic E-state index is -5.08. The smallest absolute Gasteiger partial charge is 0.475 e. The van der Waals surface area contributed by atoms with Crippen LogP contribution in [0.3, 0.4) is 0 Å². The summed E-state index contributed by atoms with van der Waals surface area (Å²) in [6, 6.07) is 8.65. The molecule has 0 spiro atoms. The summed E-state index contributed by atoms with van der Waals surface area (Å²) < 4.78 is 37.9. The number of nitrogens with one attached hydrogen (secondary N) is 1. The number of amides is 1. The highest BCUT2D eigenvalue weighted by Gasteiger charge is 2.40. The van der Waals surface area contributed by atoms with Crippen molar-refractivity contribution in [2.75, 3.05) is 50.0 Å². The predicted octanol–water partition coefficient (Wildman–Crippen LogP) is 2.58. The molecule has 4 N–H and O–H groups in total. The van der Waals surface area contributed by atoms with E-state index >= 15 is 0 Å². The summed E-state index contributed by atoms with van der Waals surface area (Å²) in [7, 11) is 0. The number of benzene rings is 1. The quantitative estimate of drug-likeness (QED) is 0.481. The maximum atomic E-state index is 13.1. The summed E-state index contributed by atoms with van der Waals surface area (Å²) >= 11 is 6.08. The monoisotopic (exact) mass is 587 g/mol. The number of aromatic nitrogens is 3. The SMILES string of the molecule is Nc1nnc(N2CCC(N3C[C@H](C(=O)N4CCCC4)OC[C@@H]3Cc3ccc(Cl)cc3)CC2)[nH]1.O=C(O)C(F)(F)F. The van der Waals surface area contributed by atoms with Crippen LogP contribution in [0, 0.1) is 0 Å². The summed E-state index contributed by atoms with van der Waals surface area (Å²) in [5.41, 5.74) is 6.94. The van der Waals surface area contributed by atoms with Crippen LogP contribution in [-0.4, -0.2) is 106 Å². The van der Waals surface area contributed by atoms with Crippen LogP contribution in [0.4, 0.5) is 25.1 Å². The molecule has 0 radical (unpaired) electrons. The standard InChI is InChI=1S/C23H32ClN7O2.C2HF3O2/c24-17-5-3-16(4-6-17)13-19-15-33-20(21(32)29-9-1-2-10-29)14-31(19)18-7-11-30(12-8-18)23-26-22(25)27-28-23;3-2(4,5)1(6)7/h3-6,18-20H,1-2,7-15H2,(H3,25,26,27,28);(H,6,7)/t19-,20+;/m0./s1. The number of nitrogens with two attached hydrogens (primary N) is 1. The lowest BCUT2D eigenvalue weighted by Gasteiger charge is -2.46. The number of aliphatic carboxylic acids is 1. The number of rotatable bonds is 5. The zero-order valence-corrected chi connectivity index (χ0v) is 22.6. The van der Waals surface area contributed by atoms with Crippen molar-refractivity contribution in [1.82, 2.24) is 25.0 Å². The van der Waals surface area contributed by atoms with Gasteiger partial charge in [-0.2, -0.15) is 13.2 Å². The van der Waals surface area contributed by atoms with Crippen LogP contribution in [0.1, 0.15) is 31.2 Å². The van der Waals surface area contributed by atoms with E-state index in [-0.39, 0.29) is 18.1 Å². The van der Waals surface area contributed by atoms with E-state index in [1.807, 2.05) is 17.0 Å². The number of carboxylic acids is 1. The Morgan fingerprint density at radius 1 is 1.10 bits per heavy atom. The molecule has 11 nitrogen and oxygen atoms in total. The van der Waals surface area contributed by atoms with Crippen LogP contribution in [-0.2, 0) is 20.7 Å². The number of carboxylic acid groups (broad SMARTS) is 1. The van der Waals surface area contributed by atoms with Gasteiger partial charge < -0.3 is 25.4 Å². The Labute approximate surface area is 234 Å². The number of nitrogen functional groups attached to an aromatic ring is 1. The Bertz CT molecular complexity index is 1140. The van der Waals surface area contributed by atoms with Crippen LogP contribution in [0.15, 0.2) is 24.3 Å². The first kappa shape index (κ1) is 29.9. The fourth-order valence-electron chi connectivity index (χ4n) is 5.34. The fourth-order valence-corrected chi connectivity index (χ4v) is 5.47. The normalized spacial score (nSPS) is 22.6. The average Bonchev–Trinajstić information content (AvgIpc) is 3.62. The summed E-state index contributed by atoms with van der Waals surface area (Å²) in [5, 5.41) is 15.9. The molecule has 40 heavy (non-hydrogen) atoms. The molecule has 0 bridgehead atoms. The molecule has 5 rings (SSSR count). The highest BCUT2D eigenvalue weighted by atomic mass is 35.5. The molecule has 15 heteroatoms. The number of H-pyrrole nitrogens is 1. The number of piperidine rings is 1. The van der Waals surface area contributed by atoms with Gasteiger partial charge in [-0.25, -0.2) is 4.79 Å². The largest absolute Gasteiger partial charge is 0.490 e. The lowest BCUT2D eigenvalue weighted by molar-refractivity contribution is -0.192. The first-order valence-electron chi connectivity index (χ1n) is 13.1. The molecule has 0 unspecified atom stereocenters. The number of anilines is 2. The lowest BCUT2D eigenvalue weighted by Crippen LogP contribution is -2.60. The van der Waals surface area contributed by atoms with E-state index in [4.69, 9.17) is 32.0 Å². The summed E-state index contributed by atoms with van der Waals surface area (Å²) in [6.07, 6.45) is -0.430. The second kappa shape index (κ2) is 13.0. The molecule has 0 aliphatic carbocycles. The fraction of sp³-hybridized carbons (Fsp3) is 0.600. The molecular formula is C25H33ClF3N7O4. The zero-order chi connectivity index (χ0) is 28.9. The van der Waals surface area contributed by atoms with Gasteiger partial charge in [0.2, 0.25) is 11.9 Å². The van der Waals surface area contributed by atoms with Gasteiger partial charge in [0.15, 0.2) is 0 Å². The van der Waals surface area contributed by atoms with Gasteiger partial charge in [0, 0.05) is 49.8 Å². The third-order valence-electron chi connectivity index (χ3n) is 7.38. The van der Waals surface area contributed by atoms with Gasteiger partial charge in [-0.1, -0.05) is 23.7 Å². The van der Waals surface area contributed by atoms with Crippen LogP contribution in [0.2, 0.25) is 5.02 Å². The number of halogens is 4. The third-order valence-corrected chi connectivity index (χ3v) is 7.63. The molecule has 3 aliphatic rings. The number of morpholine rings is 1. The highest BCUT2D eigenvalue weighted by Crippen LogP contribution is 2.28. The Balaban J connectivity index is 0.000000470. The van der Waals surface area contributed by atoms with Crippen molar-refractivity contribution in [2.24, 2.45) is 0 Å². The first-order valence-corrected chi connectivity index (χ1v) is 13.5. The highest BCUT2D eigenvalue weighted by molar-refractivity contribution is 6.30. The molecule has 1 amide bonds. The zero-order valence-electron chi connectivity index (χ0n) is 21.8. The Hall–Kier alpha value is -3.10. The topological polar surface area (TPSA) is 141 Å². The van der Waals surface area contributed by atoms with E-state index in [1.165, 1.54) is 5.56 Å². The van der Waals surface area contributed by atoms with Crippen LogP contribution < -0.4 is 10.6 Å². The van der Waals surface area contributed by atoms with Crippen molar-refractivity contribution < 1.29 is 32.6 Å². The average molecular weight is 588 g/mol. The van der Waals surface area contributed by atoms with Crippen molar-refractivity contribution in [2.45, 2.75) is 56.5 Å². The third kappa shape index (κ3) is 7.76. The lowest BCUT2D eigenvalue weighted by atomic mass is 9.96. The number of alkyl halides is 3. The van der Waals surface area contributed by atoms with E-state index in [2.05, 4.69) is 37.1 Å². The molecule has 1 aromatic heterocycles. The molecule has 3 saturated heterocycles. The molecule has 1 aromatic carbocycles. The van der Waals surface area contributed by atoms with Gasteiger partial charge in [-0.3, -0.25) is 14.7 Å². The molecule has 3 aliphatic heterocycles. The Morgan fingerprint density at radius 2 is 1.73 bits per heavy atom. The molecule has 2 aromatic rings. The Morgan fingerprint density at radius 3 is 2.27 bits per heavy atom. The number of carbonyl (C=O) groups is 2. The van der Waals surface area contributed by atoms with E-state index in [0.717, 1.165) is 69.3 Å². The molecule has 0 saturated carbocycles. The van der Waals surface area contributed by atoms with Gasteiger partial charge in [0.05, 0.1) is 6.61 Å². The number of hydrogen-bond donors (Lipinski definition) is 3. The number of nitrogens with zero attached hydrogens (tertiary/aromatic N) is 5. The number of ether oxygens (including phenoxy) is 1. The maximum absolute atomic E-state index is 13.1. The minimum absolute atomic E-state index is 0.150. The van der Waals surface area contributed by atoms with Crippen molar-refractivity contribution >= 4 is 35.4 Å². The number of aromatic amines is 1. The number of likely N-dealkylation sites (tertiary alicyclic amines) is 1. The predicted molar refractivity (Wildman–Crippen MR) is 141 cm³/mol. The van der Waals surface area contributed by atoms with Crippen molar-refractivity contribution in [1.29, 1.82) is 0 Å². The van der Waals surface area contributed by atoms with E-state index < -0.39 is 12.1 Å². The minimum Gasteiger partial charge on any atom is -0.475 e. The van der Waals surface area contributed by atoms with Gasteiger partial charge in [0.1, 0.15) is 6.10 Å². The molecule has 220 valence electrons. The summed E-state index contributed by atoms with van der Waals surface area (Å²) in [5.74, 6) is -1.54. The second-order valence-corrected chi connectivity index (χ2v) is 10.5. The van der Waals surface area contributed by atoms with E-state index in [1.54, 1.807) is 0 Å². The summed E-state index contributed by atoms with van der Waals surface area (Å²) in [4.78, 5) is 31.7. The first-order chi connectivity index (χ1) is 19.0.